The van der Waals surface area contributed by atoms with Crippen molar-refractivity contribution in [2.75, 3.05) is 38.5 Å². The van der Waals surface area contributed by atoms with Gasteiger partial charge in [0.1, 0.15) is 0 Å². The van der Waals surface area contributed by atoms with Gasteiger partial charge in [0.05, 0.1) is 12.3 Å². The van der Waals surface area contributed by atoms with Gasteiger partial charge in [-0.1, -0.05) is 0 Å². The van der Waals surface area contributed by atoms with E-state index in [0.717, 1.165) is 25.9 Å². The summed E-state index contributed by atoms with van der Waals surface area (Å²) in [4.78, 5) is 25.6. The summed E-state index contributed by atoms with van der Waals surface area (Å²) in [7, 11) is -3.64. The van der Waals surface area contributed by atoms with Gasteiger partial charge in [-0.3, -0.25) is 9.59 Å². The minimum Gasteiger partial charge on any atom is -0.353 e. The monoisotopic (exact) mass is 410 g/mol. The van der Waals surface area contributed by atoms with Gasteiger partial charge in [-0.25, -0.2) is 13.1 Å². The molecule has 0 aromatic carbocycles. The van der Waals surface area contributed by atoms with E-state index in [4.69, 9.17) is 0 Å². The van der Waals surface area contributed by atoms with E-state index in [9.17, 15) is 18.0 Å². The number of halogens is 1. The highest BCUT2D eigenvalue weighted by Gasteiger charge is 2.31. The van der Waals surface area contributed by atoms with Crippen molar-refractivity contribution in [2.24, 2.45) is 11.8 Å². The van der Waals surface area contributed by atoms with Crippen molar-refractivity contribution in [2.45, 2.75) is 39.2 Å². The Morgan fingerprint density at radius 3 is 2.27 bits per heavy atom. The zero-order chi connectivity index (χ0) is 18.4. The summed E-state index contributed by atoms with van der Waals surface area (Å²) in [5.41, 5.74) is 0. The third kappa shape index (κ3) is 7.38. The van der Waals surface area contributed by atoms with Crippen molar-refractivity contribution in [1.29, 1.82) is 0 Å². The number of carbonyl (C=O) groups is 2. The molecule has 2 aliphatic heterocycles. The molecule has 2 heterocycles. The number of carbonyl (C=O) groups excluding carboxylic acids is 2. The Morgan fingerprint density at radius 1 is 1.15 bits per heavy atom. The second kappa shape index (κ2) is 10.4. The van der Waals surface area contributed by atoms with Crippen LogP contribution in [-0.2, 0) is 19.6 Å². The highest BCUT2D eigenvalue weighted by atomic mass is 35.5. The van der Waals surface area contributed by atoms with E-state index in [0.29, 0.717) is 24.9 Å². The molecule has 2 amide bonds. The zero-order valence-electron chi connectivity index (χ0n) is 15.5. The lowest BCUT2D eigenvalue weighted by Gasteiger charge is -2.21. The van der Waals surface area contributed by atoms with Crippen LogP contribution >= 0.6 is 12.4 Å². The molecule has 2 fully saturated rings. The van der Waals surface area contributed by atoms with E-state index >= 15 is 0 Å². The van der Waals surface area contributed by atoms with Gasteiger partial charge in [-0.15, -0.1) is 12.4 Å². The molecule has 0 radical (unpaired) electrons. The lowest BCUT2D eigenvalue weighted by Crippen LogP contribution is -2.41. The summed E-state index contributed by atoms with van der Waals surface area (Å²) >= 11 is 0. The maximum absolute atomic E-state index is 12.3. The van der Waals surface area contributed by atoms with Crippen LogP contribution in [0.5, 0.6) is 0 Å². The first-order valence-electron chi connectivity index (χ1n) is 9.02. The molecule has 2 atom stereocenters. The fourth-order valence-corrected chi connectivity index (χ4v) is 4.41. The quantitative estimate of drug-likeness (QED) is 0.534. The Labute approximate surface area is 162 Å². The molecule has 2 aliphatic rings. The van der Waals surface area contributed by atoms with Crippen LogP contribution in [-0.4, -0.2) is 69.7 Å². The van der Waals surface area contributed by atoms with Crippen molar-refractivity contribution in [3.8, 4) is 0 Å². The van der Waals surface area contributed by atoms with Crippen LogP contribution < -0.4 is 15.4 Å². The van der Waals surface area contributed by atoms with Crippen molar-refractivity contribution in [1.82, 2.24) is 20.3 Å². The third-order valence-electron chi connectivity index (χ3n) is 4.86. The standard InChI is InChI=1S/C16H30N4O4S.ClH/c1-12(2)19-15(21)11-18-25(23,24)8-5-16(22)20-6-3-13-9-17-10-14(13)4-7-20;/h12-14,17-18H,3-11H2,1-2H3,(H,19,21);1H/t13-,14+;. The molecule has 0 aromatic heterocycles. The molecule has 0 bridgehead atoms. The predicted molar refractivity (Wildman–Crippen MR) is 103 cm³/mol. The molecule has 3 N–H and O–H groups in total. The number of likely N-dealkylation sites (tertiary alicyclic amines) is 1. The van der Waals surface area contributed by atoms with Crippen LogP contribution in [0.3, 0.4) is 0 Å². The Morgan fingerprint density at radius 2 is 1.73 bits per heavy atom. The molecule has 0 aliphatic carbocycles. The van der Waals surface area contributed by atoms with Crippen molar-refractivity contribution >= 4 is 34.2 Å². The Balaban J connectivity index is 0.00000338. The van der Waals surface area contributed by atoms with Crippen LogP contribution in [0.15, 0.2) is 0 Å². The molecule has 0 saturated carbocycles. The minimum absolute atomic E-state index is 0. The van der Waals surface area contributed by atoms with Gasteiger partial charge < -0.3 is 15.5 Å². The SMILES string of the molecule is CC(C)NC(=O)CNS(=O)(=O)CCC(=O)N1CC[C@@H]2CNC[C@@H]2CC1.Cl. The first-order chi connectivity index (χ1) is 11.8. The van der Waals surface area contributed by atoms with Crippen molar-refractivity contribution in [3.05, 3.63) is 0 Å². The van der Waals surface area contributed by atoms with Gasteiger partial charge in [0.2, 0.25) is 21.8 Å². The largest absolute Gasteiger partial charge is 0.353 e. The molecule has 2 saturated heterocycles. The summed E-state index contributed by atoms with van der Waals surface area (Å²) in [6.45, 7) is 6.74. The Bertz CT molecular complexity index is 571. The topological polar surface area (TPSA) is 108 Å². The second-order valence-electron chi connectivity index (χ2n) is 7.25. The van der Waals surface area contributed by atoms with E-state index in [2.05, 4.69) is 15.4 Å². The minimum atomic E-state index is -3.64. The molecule has 152 valence electrons. The van der Waals surface area contributed by atoms with Crippen LogP contribution in [0, 0.1) is 11.8 Å². The average molecular weight is 411 g/mol. The smallest absolute Gasteiger partial charge is 0.235 e. The normalized spacial score (nSPS) is 23.1. The summed E-state index contributed by atoms with van der Waals surface area (Å²) in [6.07, 6.45) is 1.91. The summed E-state index contributed by atoms with van der Waals surface area (Å²) in [6, 6.07) is -0.0451. The van der Waals surface area contributed by atoms with E-state index in [1.54, 1.807) is 18.7 Å². The van der Waals surface area contributed by atoms with E-state index in [1.165, 1.54) is 0 Å². The third-order valence-corrected chi connectivity index (χ3v) is 6.18. The number of rotatable bonds is 7. The first kappa shape index (κ1) is 23.1. The summed E-state index contributed by atoms with van der Waals surface area (Å²) in [5.74, 6) is 0.471. The molecule has 2 rings (SSSR count). The number of sulfonamides is 1. The first-order valence-corrected chi connectivity index (χ1v) is 10.7. The number of nitrogens with one attached hydrogen (secondary N) is 3. The average Bonchev–Trinajstić information content (AvgIpc) is 2.89. The molecule has 26 heavy (non-hydrogen) atoms. The zero-order valence-corrected chi connectivity index (χ0v) is 17.1. The van der Waals surface area contributed by atoms with Crippen LogP contribution in [0.2, 0.25) is 0 Å². The lowest BCUT2D eigenvalue weighted by molar-refractivity contribution is -0.130. The summed E-state index contributed by atoms with van der Waals surface area (Å²) < 4.78 is 26.2. The molecule has 0 unspecified atom stereocenters. The van der Waals surface area contributed by atoms with Crippen molar-refractivity contribution < 1.29 is 18.0 Å². The highest BCUT2D eigenvalue weighted by Crippen LogP contribution is 2.27. The maximum atomic E-state index is 12.3. The van der Waals surface area contributed by atoms with E-state index in [1.807, 2.05) is 0 Å². The van der Waals surface area contributed by atoms with E-state index in [-0.39, 0.29) is 49.0 Å². The Kier molecular flexibility index (Phi) is 9.29. The van der Waals surface area contributed by atoms with Crippen LogP contribution in [0.25, 0.3) is 0 Å². The van der Waals surface area contributed by atoms with Crippen LogP contribution in [0.4, 0.5) is 0 Å². The highest BCUT2D eigenvalue weighted by molar-refractivity contribution is 7.89. The molecular weight excluding hydrogens is 380 g/mol. The molecule has 8 nitrogen and oxygen atoms in total. The number of hydrogen-bond donors (Lipinski definition) is 3. The Hall–Kier alpha value is -0.900. The van der Waals surface area contributed by atoms with Gasteiger partial charge in [-0.2, -0.15) is 0 Å². The van der Waals surface area contributed by atoms with Crippen LogP contribution in [0.1, 0.15) is 33.1 Å². The van der Waals surface area contributed by atoms with Gasteiger partial charge in [0, 0.05) is 25.6 Å². The van der Waals surface area contributed by atoms with Gasteiger partial charge in [0.15, 0.2) is 0 Å². The fourth-order valence-electron chi connectivity index (χ4n) is 3.47. The second-order valence-corrected chi connectivity index (χ2v) is 9.18. The molecule has 0 aromatic rings. The maximum Gasteiger partial charge on any atom is 0.235 e. The number of fused-ring (bicyclic) bond motifs is 1. The van der Waals surface area contributed by atoms with Crippen molar-refractivity contribution in [3.63, 3.8) is 0 Å². The number of nitrogens with zero attached hydrogens (tertiary/aromatic N) is 1. The molecule has 0 spiro atoms. The van der Waals surface area contributed by atoms with Gasteiger partial charge >= 0.3 is 0 Å². The predicted octanol–water partition coefficient (Wildman–Crippen LogP) is -0.300. The van der Waals surface area contributed by atoms with E-state index < -0.39 is 10.0 Å². The number of hydrogen-bond acceptors (Lipinski definition) is 5. The fraction of sp³-hybridized carbons (Fsp3) is 0.875. The lowest BCUT2D eigenvalue weighted by atomic mass is 9.92. The van der Waals surface area contributed by atoms with Gasteiger partial charge in [0.25, 0.3) is 0 Å². The molecule has 10 heteroatoms. The van der Waals surface area contributed by atoms with Gasteiger partial charge in [-0.05, 0) is 51.6 Å². The number of amides is 2. The summed E-state index contributed by atoms with van der Waals surface area (Å²) in [5, 5.41) is 6.00. The molecular formula is C16H31ClN4O4S.